The van der Waals surface area contributed by atoms with Gasteiger partial charge in [0.2, 0.25) is 21.8 Å². The van der Waals surface area contributed by atoms with Crippen molar-refractivity contribution < 1.29 is 22.4 Å². The van der Waals surface area contributed by atoms with Gasteiger partial charge in [-0.1, -0.05) is 35.9 Å². The van der Waals surface area contributed by atoms with Crippen LogP contribution in [0, 0.1) is 12.7 Å². The predicted octanol–water partition coefficient (Wildman–Crippen LogP) is 3.23. The Morgan fingerprint density at radius 1 is 1.09 bits per heavy atom. The van der Waals surface area contributed by atoms with Gasteiger partial charge in [0.1, 0.15) is 18.4 Å². The number of nitrogens with one attached hydrogen (secondary N) is 1. The number of rotatable bonds is 8. The van der Waals surface area contributed by atoms with Crippen LogP contribution in [0.3, 0.4) is 0 Å². The minimum absolute atomic E-state index is 0.0351. The molecule has 0 heterocycles. The summed E-state index contributed by atoms with van der Waals surface area (Å²) in [5.74, 6) is -1.57. The molecular formula is C24H32FN3O4S. The van der Waals surface area contributed by atoms with E-state index in [1.54, 1.807) is 6.92 Å². The molecule has 7 nitrogen and oxygen atoms in total. The van der Waals surface area contributed by atoms with Gasteiger partial charge in [-0.05, 0) is 58.4 Å². The van der Waals surface area contributed by atoms with Crippen molar-refractivity contribution in [2.75, 3.05) is 17.1 Å². The summed E-state index contributed by atoms with van der Waals surface area (Å²) in [5.41, 5.74) is 1.36. The van der Waals surface area contributed by atoms with Gasteiger partial charge in [-0.2, -0.15) is 0 Å². The first-order valence-electron chi connectivity index (χ1n) is 10.6. The van der Waals surface area contributed by atoms with Gasteiger partial charge in [0.15, 0.2) is 0 Å². The number of halogens is 1. The number of nitrogens with zero attached hydrogens (tertiary/aromatic N) is 2. The molecule has 0 radical (unpaired) electrons. The van der Waals surface area contributed by atoms with Gasteiger partial charge in [0, 0.05) is 12.1 Å². The van der Waals surface area contributed by atoms with Crippen LogP contribution >= 0.6 is 0 Å². The van der Waals surface area contributed by atoms with E-state index in [1.165, 1.54) is 23.1 Å². The fourth-order valence-corrected chi connectivity index (χ4v) is 4.03. The molecule has 2 aromatic carbocycles. The van der Waals surface area contributed by atoms with Gasteiger partial charge in [0.25, 0.3) is 0 Å². The lowest BCUT2D eigenvalue weighted by molar-refractivity contribution is -0.140. The van der Waals surface area contributed by atoms with Crippen molar-refractivity contribution >= 4 is 27.5 Å². The highest BCUT2D eigenvalue weighted by Crippen LogP contribution is 2.20. The van der Waals surface area contributed by atoms with Crippen molar-refractivity contribution in [2.45, 2.75) is 52.7 Å². The monoisotopic (exact) mass is 477 g/mol. The predicted molar refractivity (Wildman–Crippen MR) is 128 cm³/mol. The highest BCUT2D eigenvalue weighted by atomic mass is 32.2. The second-order valence-corrected chi connectivity index (χ2v) is 11.1. The van der Waals surface area contributed by atoms with Gasteiger partial charge in [-0.25, -0.2) is 12.8 Å². The van der Waals surface area contributed by atoms with E-state index in [0.717, 1.165) is 27.8 Å². The number of carbonyl (C=O) groups excluding carboxylic acids is 2. The lowest BCUT2D eigenvalue weighted by Gasteiger charge is -2.33. The Kier molecular flexibility index (Phi) is 8.24. The second kappa shape index (κ2) is 10.3. The summed E-state index contributed by atoms with van der Waals surface area (Å²) in [4.78, 5) is 27.6. The molecule has 0 spiro atoms. The maximum atomic E-state index is 13.8. The molecule has 1 atom stereocenters. The van der Waals surface area contributed by atoms with Gasteiger partial charge in [0.05, 0.1) is 11.9 Å². The lowest BCUT2D eigenvalue weighted by Crippen LogP contribution is -2.54. The molecule has 180 valence electrons. The molecule has 1 N–H and O–H groups in total. The average molecular weight is 478 g/mol. The van der Waals surface area contributed by atoms with E-state index in [0.29, 0.717) is 0 Å². The maximum absolute atomic E-state index is 13.8. The number of hydrogen-bond acceptors (Lipinski definition) is 4. The molecule has 9 heteroatoms. The summed E-state index contributed by atoms with van der Waals surface area (Å²) in [6.07, 6.45) is 0.950. The minimum Gasteiger partial charge on any atom is -0.350 e. The van der Waals surface area contributed by atoms with Crippen molar-refractivity contribution in [3.8, 4) is 0 Å². The van der Waals surface area contributed by atoms with E-state index in [-0.39, 0.29) is 18.1 Å². The molecule has 0 aliphatic rings. The number of aryl methyl sites for hydroxylation is 1. The zero-order chi connectivity index (χ0) is 25.0. The first-order valence-corrected chi connectivity index (χ1v) is 12.4. The van der Waals surface area contributed by atoms with E-state index in [4.69, 9.17) is 0 Å². The van der Waals surface area contributed by atoms with E-state index in [2.05, 4.69) is 5.32 Å². The summed E-state index contributed by atoms with van der Waals surface area (Å²) >= 11 is 0. The largest absolute Gasteiger partial charge is 0.350 e. The van der Waals surface area contributed by atoms with Crippen molar-refractivity contribution in [2.24, 2.45) is 0 Å². The fourth-order valence-electron chi connectivity index (χ4n) is 3.19. The first-order chi connectivity index (χ1) is 15.2. The first kappa shape index (κ1) is 26.3. The van der Waals surface area contributed by atoms with Gasteiger partial charge < -0.3 is 10.2 Å². The SMILES string of the molecule is Cc1ccc(CN(C(=O)CN(c2cccc(F)c2)S(C)(=O)=O)[C@H](C)C(=O)NC(C)(C)C)cc1. The van der Waals surface area contributed by atoms with Crippen LogP contribution in [-0.4, -0.2) is 49.5 Å². The number of anilines is 1. The van der Waals surface area contributed by atoms with Crippen LogP contribution < -0.4 is 9.62 Å². The van der Waals surface area contributed by atoms with Crippen LogP contribution in [0.25, 0.3) is 0 Å². The number of sulfonamides is 1. The zero-order valence-electron chi connectivity index (χ0n) is 19.9. The highest BCUT2D eigenvalue weighted by Gasteiger charge is 2.31. The summed E-state index contributed by atoms with van der Waals surface area (Å²) in [5, 5.41) is 2.86. The smallest absolute Gasteiger partial charge is 0.244 e. The van der Waals surface area contributed by atoms with Crippen molar-refractivity contribution in [3.05, 3.63) is 65.5 Å². The molecule has 0 aliphatic carbocycles. The zero-order valence-corrected chi connectivity index (χ0v) is 20.7. The molecule has 2 amide bonds. The van der Waals surface area contributed by atoms with Gasteiger partial charge in [-0.3, -0.25) is 13.9 Å². The van der Waals surface area contributed by atoms with Crippen LogP contribution in [0.1, 0.15) is 38.8 Å². The third-order valence-corrected chi connectivity index (χ3v) is 6.05. The second-order valence-electron chi connectivity index (χ2n) is 9.17. The summed E-state index contributed by atoms with van der Waals surface area (Å²) in [6, 6.07) is 11.7. The number of carbonyl (C=O) groups is 2. The van der Waals surface area contributed by atoms with Crippen molar-refractivity contribution in [1.82, 2.24) is 10.2 Å². The van der Waals surface area contributed by atoms with E-state index < -0.39 is 39.9 Å². The van der Waals surface area contributed by atoms with Gasteiger partial charge in [-0.15, -0.1) is 0 Å². The van der Waals surface area contributed by atoms with Gasteiger partial charge >= 0.3 is 0 Å². The van der Waals surface area contributed by atoms with E-state index in [1.807, 2.05) is 52.0 Å². The fraction of sp³-hybridized carbons (Fsp3) is 0.417. The summed E-state index contributed by atoms with van der Waals surface area (Å²) in [7, 11) is -3.90. The average Bonchev–Trinajstić information content (AvgIpc) is 2.68. The quantitative estimate of drug-likeness (QED) is 0.633. The number of amides is 2. The Morgan fingerprint density at radius 3 is 2.21 bits per heavy atom. The molecule has 0 aliphatic heterocycles. The Hall–Kier alpha value is -2.94. The molecule has 0 saturated heterocycles. The summed E-state index contributed by atoms with van der Waals surface area (Å²) in [6.45, 7) is 8.58. The molecule has 0 aromatic heterocycles. The molecule has 0 unspecified atom stereocenters. The Labute approximate surface area is 195 Å². The van der Waals surface area contributed by atoms with Crippen LogP contribution in [0.15, 0.2) is 48.5 Å². The molecule has 2 rings (SSSR count). The van der Waals surface area contributed by atoms with Crippen molar-refractivity contribution in [3.63, 3.8) is 0 Å². The third-order valence-electron chi connectivity index (χ3n) is 4.91. The third kappa shape index (κ3) is 7.85. The Bertz CT molecular complexity index is 1100. The molecule has 0 fully saturated rings. The standard InChI is InChI=1S/C24H32FN3O4S/c1-17-10-12-19(13-11-17)15-27(18(2)23(30)26-24(3,4)5)22(29)16-28(33(6,31)32)21-9-7-8-20(25)14-21/h7-14,18H,15-16H2,1-6H3,(H,26,30)/t18-/m1/s1. The van der Waals surface area contributed by atoms with Crippen LogP contribution in [0.4, 0.5) is 10.1 Å². The molecular weight excluding hydrogens is 445 g/mol. The minimum atomic E-state index is -3.90. The van der Waals surface area contributed by atoms with Crippen LogP contribution in [-0.2, 0) is 26.2 Å². The van der Waals surface area contributed by atoms with E-state index in [9.17, 15) is 22.4 Å². The maximum Gasteiger partial charge on any atom is 0.244 e. The topological polar surface area (TPSA) is 86.8 Å². The van der Waals surface area contributed by atoms with Crippen LogP contribution in [0.5, 0.6) is 0 Å². The Morgan fingerprint density at radius 2 is 1.70 bits per heavy atom. The number of benzene rings is 2. The van der Waals surface area contributed by atoms with Crippen LogP contribution in [0.2, 0.25) is 0 Å². The molecule has 2 aromatic rings. The van der Waals surface area contributed by atoms with E-state index >= 15 is 0 Å². The highest BCUT2D eigenvalue weighted by molar-refractivity contribution is 7.92. The molecule has 0 saturated carbocycles. The normalized spacial score (nSPS) is 12.7. The molecule has 0 bridgehead atoms. The lowest BCUT2D eigenvalue weighted by atomic mass is 10.1. The summed E-state index contributed by atoms with van der Waals surface area (Å²) < 4.78 is 39.5. The van der Waals surface area contributed by atoms with Crippen molar-refractivity contribution in [1.29, 1.82) is 0 Å². The number of hydrogen-bond donors (Lipinski definition) is 1. The Balaban J connectivity index is 2.39. The molecule has 33 heavy (non-hydrogen) atoms.